The van der Waals surface area contributed by atoms with E-state index < -0.39 is 26.5 Å². The van der Waals surface area contributed by atoms with Gasteiger partial charge in [0.05, 0.1) is 0 Å². The lowest BCUT2D eigenvalue weighted by molar-refractivity contribution is 0.449. The Bertz CT molecular complexity index is 845. The maximum atomic E-state index is 12.1. The van der Waals surface area contributed by atoms with Gasteiger partial charge in [0.1, 0.15) is 16.6 Å². The molecule has 0 spiro atoms. The van der Waals surface area contributed by atoms with Crippen molar-refractivity contribution in [3.05, 3.63) is 44.9 Å². The molecule has 2 N–H and O–H groups in total. The SMILES string of the molecule is CC(c1nc(O)c(-c2cccc(Br)c2)c(=O)[nH]1)S(C)(=O)=O. The van der Waals surface area contributed by atoms with E-state index >= 15 is 0 Å². The predicted molar refractivity (Wildman–Crippen MR) is 82.9 cm³/mol. The smallest absolute Gasteiger partial charge is 0.262 e. The molecule has 112 valence electrons. The van der Waals surface area contributed by atoms with Gasteiger partial charge >= 0.3 is 0 Å². The highest BCUT2D eigenvalue weighted by Crippen LogP contribution is 2.27. The van der Waals surface area contributed by atoms with Crippen molar-refractivity contribution in [3.8, 4) is 17.0 Å². The Morgan fingerprint density at radius 2 is 2.05 bits per heavy atom. The van der Waals surface area contributed by atoms with Gasteiger partial charge in [0.2, 0.25) is 5.88 Å². The van der Waals surface area contributed by atoms with Gasteiger partial charge in [-0.15, -0.1) is 0 Å². The summed E-state index contributed by atoms with van der Waals surface area (Å²) in [7, 11) is -3.42. The molecule has 8 heteroatoms. The highest BCUT2D eigenvalue weighted by molar-refractivity contribution is 9.10. The summed E-state index contributed by atoms with van der Waals surface area (Å²) in [4.78, 5) is 18.4. The van der Waals surface area contributed by atoms with Gasteiger partial charge in [-0.3, -0.25) is 4.79 Å². The van der Waals surface area contributed by atoms with Crippen LogP contribution in [0, 0.1) is 0 Å². The Hall–Kier alpha value is -1.67. The lowest BCUT2D eigenvalue weighted by atomic mass is 10.1. The number of halogens is 1. The number of aromatic nitrogens is 2. The zero-order chi connectivity index (χ0) is 15.8. The number of hydrogen-bond donors (Lipinski definition) is 2. The quantitative estimate of drug-likeness (QED) is 0.857. The molecule has 0 aliphatic heterocycles. The lowest BCUT2D eigenvalue weighted by Crippen LogP contribution is -2.19. The third-order valence-electron chi connectivity index (χ3n) is 3.06. The molecule has 1 aromatic carbocycles. The molecule has 1 unspecified atom stereocenters. The second kappa shape index (κ2) is 5.61. The van der Waals surface area contributed by atoms with Crippen LogP contribution in [0.1, 0.15) is 18.0 Å². The highest BCUT2D eigenvalue weighted by atomic mass is 79.9. The van der Waals surface area contributed by atoms with Crippen LogP contribution in [-0.2, 0) is 9.84 Å². The molecule has 0 saturated heterocycles. The standard InChI is InChI=1S/C13H13BrN2O4S/c1-7(21(2,19)20)11-15-12(17)10(13(18)16-11)8-4-3-5-9(14)6-8/h3-7H,1-2H3,(H2,15,16,17,18). The first kappa shape index (κ1) is 15.7. The molecule has 0 aliphatic rings. The van der Waals surface area contributed by atoms with Gasteiger partial charge in [-0.1, -0.05) is 28.1 Å². The van der Waals surface area contributed by atoms with Crippen molar-refractivity contribution >= 4 is 25.8 Å². The Kier molecular flexibility index (Phi) is 4.20. The number of nitrogens with one attached hydrogen (secondary N) is 1. The van der Waals surface area contributed by atoms with Crippen LogP contribution in [0.4, 0.5) is 0 Å². The Morgan fingerprint density at radius 1 is 1.38 bits per heavy atom. The number of aromatic hydroxyl groups is 1. The minimum absolute atomic E-state index is 0.000695. The molecular formula is C13H13BrN2O4S. The Balaban J connectivity index is 2.61. The zero-order valence-electron chi connectivity index (χ0n) is 11.3. The van der Waals surface area contributed by atoms with E-state index in [1.165, 1.54) is 6.92 Å². The van der Waals surface area contributed by atoms with E-state index in [1.807, 2.05) is 0 Å². The number of rotatable bonds is 3. The van der Waals surface area contributed by atoms with Gasteiger partial charge in [0.25, 0.3) is 5.56 Å². The van der Waals surface area contributed by atoms with Crippen LogP contribution < -0.4 is 5.56 Å². The molecule has 0 bridgehead atoms. The Labute approximate surface area is 129 Å². The molecule has 0 saturated carbocycles. The van der Waals surface area contributed by atoms with Crippen molar-refractivity contribution in [1.29, 1.82) is 0 Å². The Morgan fingerprint density at radius 3 is 2.57 bits per heavy atom. The second-order valence-corrected chi connectivity index (χ2v) is 7.91. The van der Waals surface area contributed by atoms with Crippen molar-refractivity contribution in [2.45, 2.75) is 12.2 Å². The average molecular weight is 373 g/mol. The van der Waals surface area contributed by atoms with Crippen LogP contribution in [0.15, 0.2) is 33.5 Å². The maximum absolute atomic E-state index is 12.1. The van der Waals surface area contributed by atoms with Gasteiger partial charge in [0, 0.05) is 10.7 Å². The van der Waals surface area contributed by atoms with Gasteiger partial charge in [-0.2, -0.15) is 4.98 Å². The fourth-order valence-electron chi connectivity index (χ4n) is 1.78. The minimum Gasteiger partial charge on any atom is -0.493 e. The van der Waals surface area contributed by atoms with E-state index in [0.29, 0.717) is 5.56 Å². The van der Waals surface area contributed by atoms with Gasteiger partial charge in [0.15, 0.2) is 9.84 Å². The highest BCUT2D eigenvalue weighted by Gasteiger charge is 2.22. The summed E-state index contributed by atoms with van der Waals surface area (Å²) in [6, 6.07) is 6.80. The van der Waals surface area contributed by atoms with E-state index in [1.54, 1.807) is 24.3 Å². The fraction of sp³-hybridized carbons (Fsp3) is 0.231. The molecule has 1 aromatic heterocycles. The lowest BCUT2D eigenvalue weighted by Gasteiger charge is -2.10. The molecule has 1 atom stereocenters. The van der Waals surface area contributed by atoms with E-state index in [-0.39, 0.29) is 11.4 Å². The molecular weight excluding hydrogens is 360 g/mol. The fourth-order valence-corrected chi connectivity index (χ4v) is 2.69. The van der Waals surface area contributed by atoms with Crippen LogP contribution in [0.5, 0.6) is 5.88 Å². The van der Waals surface area contributed by atoms with Crippen LogP contribution in [0.3, 0.4) is 0 Å². The molecule has 21 heavy (non-hydrogen) atoms. The number of nitrogens with zero attached hydrogens (tertiary/aromatic N) is 1. The van der Waals surface area contributed by atoms with Crippen molar-refractivity contribution in [2.75, 3.05) is 6.26 Å². The minimum atomic E-state index is -3.42. The normalized spacial score (nSPS) is 13.1. The molecule has 0 aliphatic carbocycles. The topological polar surface area (TPSA) is 100 Å². The third-order valence-corrected chi connectivity index (χ3v) is 5.06. The zero-order valence-corrected chi connectivity index (χ0v) is 13.7. The van der Waals surface area contributed by atoms with Crippen LogP contribution in [0.25, 0.3) is 11.1 Å². The summed E-state index contributed by atoms with van der Waals surface area (Å²) < 4.78 is 23.8. The molecule has 2 rings (SSSR count). The maximum Gasteiger partial charge on any atom is 0.262 e. The van der Waals surface area contributed by atoms with Crippen molar-refractivity contribution < 1.29 is 13.5 Å². The second-order valence-electron chi connectivity index (χ2n) is 4.63. The van der Waals surface area contributed by atoms with Crippen LogP contribution in [-0.4, -0.2) is 29.7 Å². The van der Waals surface area contributed by atoms with E-state index in [4.69, 9.17) is 0 Å². The van der Waals surface area contributed by atoms with Crippen molar-refractivity contribution in [1.82, 2.24) is 9.97 Å². The number of H-pyrrole nitrogens is 1. The third kappa shape index (κ3) is 3.33. The first-order chi connectivity index (χ1) is 9.70. The van der Waals surface area contributed by atoms with Crippen LogP contribution >= 0.6 is 15.9 Å². The number of aromatic amines is 1. The number of sulfone groups is 1. The van der Waals surface area contributed by atoms with Crippen molar-refractivity contribution in [3.63, 3.8) is 0 Å². The molecule has 2 aromatic rings. The predicted octanol–water partition coefficient (Wildman–Crippen LogP) is 2.01. The average Bonchev–Trinajstić information content (AvgIpc) is 2.36. The summed E-state index contributed by atoms with van der Waals surface area (Å²) in [5, 5.41) is 8.98. The van der Waals surface area contributed by atoms with E-state index in [2.05, 4.69) is 25.9 Å². The monoisotopic (exact) mass is 372 g/mol. The summed E-state index contributed by atoms with van der Waals surface area (Å²) in [6.45, 7) is 1.39. The van der Waals surface area contributed by atoms with Crippen molar-refractivity contribution in [2.24, 2.45) is 0 Å². The molecule has 6 nitrogen and oxygen atoms in total. The molecule has 1 heterocycles. The van der Waals surface area contributed by atoms with E-state index in [9.17, 15) is 18.3 Å². The molecule has 0 fully saturated rings. The number of hydrogen-bond acceptors (Lipinski definition) is 5. The first-order valence-electron chi connectivity index (χ1n) is 5.98. The molecule has 0 radical (unpaired) electrons. The first-order valence-corrected chi connectivity index (χ1v) is 8.73. The van der Waals surface area contributed by atoms with Gasteiger partial charge in [-0.05, 0) is 24.6 Å². The molecule has 0 amide bonds. The number of benzene rings is 1. The summed E-state index contributed by atoms with van der Waals surface area (Å²) in [5.74, 6) is -0.582. The summed E-state index contributed by atoms with van der Waals surface area (Å²) in [6.07, 6.45) is 1.04. The van der Waals surface area contributed by atoms with E-state index in [0.717, 1.165) is 10.7 Å². The van der Waals surface area contributed by atoms with Gasteiger partial charge in [-0.25, -0.2) is 8.42 Å². The summed E-state index contributed by atoms with van der Waals surface area (Å²) in [5.41, 5.74) is -0.110. The van der Waals surface area contributed by atoms with Crippen LogP contribution in [0.2, 0.25) is 0 Å². The largest absolute Gasteiger partial charge is 0.493 e. The van der Waals surface area contributed by atoms with Gasteiger partial charge < -0.3 is 10.1 Å². The summed E-state index contributed by atoms with van der Waals surface area (Å²) >= 11 is 3.28.